The van der Waals surface area contributed by atoms with E-state index >= 15 is 0 Å². The lowest BCUT2D eigenvalue weighted by atomic mass is 10.1. The number of amides is 2. The van der Waals surface area contributed by atoms with Crippen molar-refractivity contribution in [2.75, 3.05) is 19.8 Å². The smallest absolute Gasteiger partial charge is 0.266 e. The van der Waals surface area contributed by atoms with Gasteiger partial charge < -0.3 is 15.2 Å². The lowest BCUT2D eigenvalue weighted by molar-refractivity contribution is -0.122. The molecule has 2 aromatic carbocycles. The Hall–Kier alpha value is -3.26. The van der Waals surface area contributed by atoms with E-state index in [9.17, 15) is 9.59 Å². The van der Waals surface area contributed by atoms with Gasteiger partial charge >= 0.3 is 0 Å². The SMILES string of the molecule is CCOc1cc(/C=C2/SC(=Nc3c(C)cccc3C)N(CC)C2=O)ccc1OCC(N)=O. The van der Waals surface area contributed by atoms with E-state index < -0.39 is 5.91 Å². The fraction of sp³-hybridized carbons (Fsp3) is 0.292. The van der Waals surface area contributed by atoms with Crippen molar-refractivity contribution in [3.63, 3.8) is 0 Å². The van der Waals surface area contributed by atoms with Crippen LogP contribution in [0.1, 0.15) is 30.5 Å². The molecule has 3 rings (SSSR count). The van der Waals surface area contributed by atoms with Crippen molar-refractivity contribution < 1.29 is 19.1 Å². The molecule has 1 aliphatic heterocycles. The summed E-state index contributed by atoms with van der Waals surface area (Å²) in [5, 5.41) is 0.660. The van der Waals surface area contributed by atoms with Gasteiger partial charge in [-0.25, -0.2) is 4.99 Å². The van der Waals surface area contributed by atoms with Gasteiger partial charge in [-0.15, -0.1) is 0 Å². The summed E-state index contributed by atoms with van der Waals surface area (Å²) in [4.78, 5) is 31.1. The number of carbonyl (C=O) groups excluding carboxylic acids is 2. The average molecular weight is 454 g/mol. The third kappa shape index (κ3) is 5.31. The summed E-state index contributed by atoms with van der Waals surface area (Å²) in [5.74, 6) is 0.248. The minimum atomic E-state index is -0.568. The predicted molar refractivity (Wildman–Crippen MR) is 128 cm³/mol. The number of hydrogen-bond acceptors (Lipinski definition) is 6. The second kappa shape index (κ2) is 10.4. The van der Waals surface area contributed by atoms with Gasteiger partial charge in [0.1, 0.15) is 0 Å². The Morgan fingerprint density at radius 2 is 1.84 bits per heavy atom. The molecule has 0 aliphatic carbocycles. The third-order valence-corrected chi connectivity index (χ3v) is 5.79. The molecule has 0 radical (unpaired) electrons. The number of rotatable bonds is 8. The number of para-hydroxylation sites is 1. The molecule has 0 spiro atoms. The fourth-order valence-corrected chi connectivity index (χ4v) is 4.30. The first-order valence-electron chi connectivity index (χ1n) is 10.4. The summed E-state index contributed by atoms with van der Waals surface area (Å²) >= 11 is 1.35. The van der Waals surface area contributed by atoms with Crippen molar-refractivity contribution in [3.05, 3.63) is 58.0 Å². The zero-order valence-electron chi connectivity index (χ0n) is 18.7. The molecule has 168 valence electrons. The van der Waals surface area contributed by atoms with Crippen LogP contribution >= 0.6 is 11.8 Å². The van der Waals surface area contributed by atoms with Gasteiger partial charge in [-0.2, -0.15) is 0 Å². The molecule has 2 aromatic rings. The molecular formula is C24H27N3O4S. The van der Waals surface area contributed by atoms with E-state index in [1.165, 1.54) is 11.8 Å². The lowest BCUT2D eigenvalue weighted by Crippen LogP contribution is -2.28. The van der Waals surface area contributed by atoms with E-state index in [0.29, 0.717) is 34.7 Å². The van der Waals surface area contributed by atoms with Crippen molar-refractivity contribution >= 4 is 40.5 Å². The molecule has 1 heterocycles. The van der Waals surface area contributed by atoms with Crippen LogP contribution in [-0.2, 0) is 9.59 Å². The van der Waals surface area contributed by atoms with Crippen LogP contribution in [0.5, 0.6) is 11.5 Å². The summed E-state index contributed by atoms with van der Waals surface area (Å²) in [7, 11) is 0. The van der Waals surface area contributed by atoms with Gasteiger partial charge in [-0.1, -0.05) is 24.3 Å². The first-order chi connectivity index (χ1) is 15.3. The molecule has 2 N–H and O–H groups in total. The number of primary amides is 1. The quantitative estimate of drug-likeness (QED) is 0.605. The topological polar surface area (TPSA) is 94.2 Å². The van der Waals surface area contributed by atoms with Crippen LogP contribution in [0, 0.1) is 13.8 Å². The fourth-order valence-electron chi connectivity index (χ4n) is 3.25. The van der Waals surface area contributed by atoms with Gasteiger partial charge in [-0.05, 0) is 74.4 Å². The minimum Gasteiger partial charge on any atom is -0.490 e. The lowest BCUT2D eigenvalue weighted by Gasteiger charge is -2.13. The van der Waals surface area contributed by atoms with E-state index in [0.717, 1.165) is 22.4 Å². The molecule has 0 atom stereocenters. The van der Waals surface area contributed by atoms with Crippen LogP contribution in [-0.4, -0.2) is 41.6 Å². The Morgan fingerprint density at radius 1 is 1.12 bits per heavy atom. The molecule has 8 heteroatoms. The summed E-state index contributed by atoms with van der Waals surface area (Å²) < 4.78 is 11.1. The Bertz CT molecular complexity index is 1070. The van der Waals surface area contributed by atoms with Crippen molar-refractivity contribution in [1.82, 2.24) is 4.90 Å². The first kappa shape index (κ1) is 23.4. The maximum atomic E-state index is 13.0. The Labute approximate surface area is 192 Å². The second-order valence-corrected chi connectivity index (χ2v) is 8.20. The second-order valence-electron chi connectivity index (χ2n) is 7.19. The van der Waals surface area contributed by atoms with Gasteiger partial charge in [0.05, 0.1) is 17.2 Å². The largest absolute Gasteiger partial charge is 0.490 e. The van der Waals surface area contributed by atoms with Crippen molar-refractivity contribution in [2.45, 2.75) is 27.7 Å². The van der Waals surface area contributed by atoms with Crippen LogP contribution in [0.25, 0.3) is 6.08 Å². The highest BCUT2D eigenvalue weighted by atomic mass is 32.2. The number of thioether (sulfide) groups is 1. The molecule has 2 amide bonds. The van der Waals surface area contributed by atoms with E-state index in [-0.39, 0.29) is 12.5 Å². The van der Waals surface area contributed by atoms with Crippen LogP contribution in [0.3, 0.4) is 0 Å². The average Bonchev–Trinajstić information content (AvgIpc) is 3.04. The maximum Gasteiger partial charge on any atom is 0.266 e. The van der Waals surface area contributed by atoms with Gasteiger partial charge in [-0.3, -0.25) is 14.5 Å². The Morgan fingerprint density at radius 3 is 2.47 bits per heavy atom. The van der Waals surface area contributed by atoms with Crippen molar-refractivity contribution in [1.29, 1.82) is 0 Å². The van der Waals surface area contributed by atoms with Crippen molar-refractivity contribution in [2.24, 2.45) is 10.7 Å². The number of ether oxygens (including phenoxy) is 2. The number of benzene rings is 2. The highest BCUT2D eigenvalue weighted by Crippen LogP contribution is 2.36. The van der Waals surface area contributed by atoms with Gasteiger partial charge in [0.2, 0.25) is 0 Å². The number of hydrogen-bond donors (Lipinski definition) is 1. The minimum absolute atomic E-state index is 0.0884. The molecule has 0 saturated carbocycles. The van der Waals surface area contributed by atoms with E-state index in [1.807, 2.05) is 52.0 Å². The van der Waals surface area contributed by atoms with Crippen LogP contribution in [0.4, 0.5) is 5.69 Å². The van der Waals surface area contributed by atoms with E-state index in [1.54, 1.807) is 23.1 Å². The summed E-state index contributed by atoms with van der Waals surface area (Å²) in [5.41, 5.74) is 8.95. The molecule has 7 nitrogen and oxygen atoms in total. The molecule has 1 aliphatic rings. The summed E-state index contributed by atoms with van der Waals surface area (Å²) in [6, 6.07) is 11.3. The normalized spacial score (nSPS) is 16.1. The third-order valence-electron chi connectivity index (χ3n) is 4.79. The number of nitrogens with two attached hydrogens (primary N) is 1. The predicted octanol–water partition coefficient (Wildman–Crippen LogP) is 4.19. The zero-order valence-corrected chi connectivity index (χ0v) is 19.5. The zero-order chi connectivity index (χ0) is 23.3. The molecule has 1 fully saturated rings. The monoisotopic (exact) mass is 453 g/mol. The number of aryl methyl sites for hydroxylation is 2. The number of likely N-dealkylation sites (N-methyl/N-ethyl adjacent to an activating group) is 1. The first-order valence-corrected chi connectivity index (χ1v) is 11.2. The van der Waals surface area contributed by atoms with Crippen LogP contribution < -0.4 is 15.2 Å². The molecule has 32 heavy (non-hydrogen) atoms. The highest BCUT2D eigenvalue weighted by molar-refractivity contribution is 8.18. The number of amidine groups is 1. The Kier molecular flexibility index (Phi) is 7.58. The van der Waals surface area contributed by atoms with Crippen LogP contribution in [0.15, 0.2) is 46.3 Å². The maximum absolute atomic E-state index is 13.0. The van der Waals surface area contributed by atoms with Crippen molar-refractivity contribution in [3.8, 4) is 11.5 Å². The molecule has 0 bridgehead atoms. The molecule has 0 unspecified atom stereocenters. The summed E-state index contributed by atoms with van der Waals surface area (Å²) in [6.45, 7) is 8.52. The number of nitrogens with zero attached hydrogens (tertiary/aromatic N) is 2. The number of aliphatic imine (C=N–C) groups is 1. The van der Waals surface area contributed by atoms with Gasteiger partial charge in [0.25, 0.3) is 11.8 Å². The van der Waals surface area contributed by atoms with Gasteiger partial charge in [0.15, 0.2) is 23.3 Å². The van der Waals surface area contributed by atoms with E-state index in [2.05, 4.69) is 0 Å². The van der Waals surface area contributed by atoms with Gasteiger partial charge in [0, 0.05) is 6.54 Å². The highest BCUT2D eigenvalue weighted by Gasteiger charge is 2.32. The Balaban J connectivity index is 1.93. The van der Waals surface area contributed by atoms with Crippen LogP contribution in [0.2, 0.25) is 0 Å². The molecular weight excluding hydrogens is 426 g/mol. The van der Waals surface area contributed by atoms with E-state index in [4.69, 9.17) is 20.2 Å². The molecule has 0 aromatic heterocycles. The number of carbonyl (C=O) groups is 2. The standard InChI is InChI=1S/C24H27N3O4S/c1-5-27-23(29)20(32-24(27)26-22-15(3)8-7-9-16(22)4)13-17-10-11-18(31-14-21(25)28)19(12-17)30-6-2/h7-13H,5-6,14H2,1-4H3,(H2,25,28)/b20-13+,26-24?. The summed E-state index contributed by atoms with van der Waals surface area (Å²) in [6.07, 6.45) is 1.81. The molecule has 1 saturated heterocycles.